The zero-order valence-corrected chi connectivity index (χ0v) is 28.4. The molecule has 2 aliphatic rings. The second-order valence-electron chi connectivity index (χ2n) is 12.0. The number of hydrogen-bond donors (Lipinski definition) is 0. The van der Waals surface area contributed by atoms with Crippen molar-refractivity contribution >= 4 is 35.4 Å². The first-order valence-electron chi connectivity index (χ1n) is 15.5. The van der Waals surface area contributed by atoms with E-state index in [9.17, 15) is 0 Å². The van der Waals surface area contributed by atoms with Gasteiger partial charge in [-0.1, -0.05) is 120 Å². The van der Waals surface area contributed by atoms with Crippen LogP contribution in [0, 0.1) is 0 Å². The van der Waals surface area contributed by atoms with Crippen molar-refractivity contribution in [1.29, 1.82) is 0 Å². The molecule has 8 heteroatoms. The number of rotatable bonds is 12. The van der Waals surface area contributed by atoms with Gasteiger partial charge in [0.05, 0.1) is 19.8 Å². The topological polar surface area (TPSA) is 46.2 Å². The van der Waals surface area contributed by atoms with Crippen LogP contribution in [-0.2, 0) is 36.9 Å². The predicted molar refractivity (Wildman–Crippen MR) is 178 cm³/mol. The Morgan fingerprint density at radius 2 is 1.44 bits per heavy atom. The summed E-state index contributed by atoms with van der Waals surface area (Å²) in [6.07, 6.45) is -1.81. The molecule has 5 rings (SSSR count). The first-order chi connectivity index (χ1) is 20.8. The zero-order chi connectivity index (χ0) is 30.4. The van der Waals surface area contributed by atoms with Crippen molar-refractivity contribution in [1.82, 2.24) is 0 Å². The monoisotopic (exact) mass is 640 g/mol. The molecule has 0 spiro atoms. The fraction of sp³-hybridized carbons (Fsp3) is 0.486. The van der Waals surface area contributed by atoms with E-state index in [4.69, 9.17) is 34.8 Å². The van der Waals surface area contributed by atoms with Crippen LogP contribution < -0.4 is 5.19 Å². The predicted octanol–water partition coefficient (Wildman–Crippen LogP) is 7.96. The fourth-order valence-corrected chi connectivity index (χ4v) is 10.9. The molecular formula is C35H45ClO5SSi. The molecule has 0 amide bonds. The van der Waals surface area contributed by atoms with Gasteiger partial charge < -0.3 is 23.7 Å². The largest absolute Gasteiger partial charge is 0.368 e. The Hall–Kier alpha value is -1.68. The van der Waals surface area contributed by atoms with Crippen molar-refractivity contribution in [3.05, 3.63) is 102 Å². The minimum atomic E-state index is -2.21. The SMILES string of the molecule is CCS[C@@H]1O[C@@H]2CO[C@@H](c3ccccc3)O[C@H]2[C@H](OCc2cccc([Si](Cl)(C(C)C)C(C)C)c2)[C@H]1OCc1ccccc1. The van der Waals surface area contributed by atoms with Gasteiger partial charge in [-0.15, -0.1) is 11.8 Å². The summed E-state index contributed by atoms with van der Waals surface area (Å²) in [4.78, 5) is 0. The van der Waals surface area contributed by atoms with E-state index in [-0.39, 0.29) is 29.9 Å². The number of fused-ring (bicyclic) bond motifs is 1. The lowest BCUT2D eigenvalue weighted by Gasteiger charge is -2.49. The first kappa shape index (κ1) is 32.7. The number of ether oxygens (including phenoxy) is 5. The summed E-state index contributed by atoms with van der Waals surface area (Å²) in [5.74, 6) is 0.892. The molecule has 0 aliphatic carbocycles. The highest BCUT2D eigenvalue weighted by Gasteiger charge is 2.51. The maximum absolute atomic E-state index is 7.42. The van der Waals surface area contributed by atoms with Gasteiger partial charge in [0.2, 0.25) is 0 Å². The molecule has 43 heavy (non-hydrogen) atoms. The minimum absolute atomic E-state index is 0.212. The Kier molecular flexibility index (Phi) is 11.5. The minimum Gasteiger partial charge on any atom is -0.368 e. The summed E-state index contributed by atoms with van der Waals surface area (Å²) in [6, 6.07) is 29.0. The molecule has 2 saturated heterocycles. The summed E-state index contributed by atoms with van der Waals surface area (Å²) < 4.78 is 33.0. The van der Waals surface area contributed by atoms with E-state index in [1.54, 1.807) is 11.8 Å². The van der Waals surface area contributed by atoms with E-state index >= 15 is 0 Å². The van der Waals surface area contributed by atoms with Crippen LogP contribution in [0.5, 0.6) is 0 Å². The average Bonchev–Trinajstić information content (AvgIpc) is 3.03. The Labute approximate surface area is 267 Å². The first-order valence-corrected chi connectivity index (χ1v) is 19.7. The maximum atomic E-state index is 7.42. The highest BCUT2D eigenvalue weighted by Crippen LogP contribution is 2.40. The van der Waals surface area contributed by atoms with Crippen molar-refractivity contribution in [2.24, 2.45) is 0 Å². The summed E-state index contributed by atoms with van der Waals surface area (Å²) in [7, 11) is -2.21. The van der Waals surface area contributed by atoms with Gasteiger partial charge in [-0.2, -0.15) is 11.1 Å². The van der Waals surface area contributed by atoms with Crippen molar-refractivity contribution < 1.29 is 23.7 Å². The molecule has 0 radical (unpaired) electrons. The van der Waals surface area contributed by atoms with Crippen LogP contribution in [0.4, 0.5) is 0 Å². The quantitative estimate of drug-likeness (QED) is 0.148. The van der Waals surface area contributed by atoms with Crippen LogP contribution in [-0.4, -0.2) is 49.6 Å². The van der Waals surface area contributed by atoms with Gasteiger partial charge in [-0.25, -0.2) is 0 Å². The Morgan fingerprint density at radius 1 is 0.814 bits per heavy atom. The number of thioether (sulfide) groups is 1. The number of hydrogen-bond acceptors (Lipinski definition) is 6. The number of halogens is 1. The molecule has 5 nitrogen and oxygen atoms in total. The smallest absolute Gasteiger partial charge is 0.191 e. The molecule has 3 aromatic carbocycles. The molecular weight excluding hydrogens is 596 g/mol. The van der Waals surface area contributed by atoms with Crippen molar-refractivity contribution in [2.45, 2.75) is 95.1 Å². The molecule has 0 unspecified atom stereocenters. The normalized spacial score (nSPS) is 26.0. The summed E-state index contributed by atoms with van der Waals surface area (Å²) in [5.41, 5.74) is 3.80. The van der Waals surface area contributed by atoms with E-state index < -0.39 is 13.7 Å². The second-order valence-corrected chi connectivity index (χ2v) is 19.7. The van der Waals surface area contributed by atoms with Gasteiger partial charge in [-0.3, -0.25) is 0 Å². The average molecular weight is 641 g/mol. The van der Waals surface area contributed by atoms with Gasteiger partial charge in [0, 0.05) is 5.56 Å². The highest BCUT2D eigenvalue weighted by atomic mass is 35.6. The van der Waals surface area contributed by atoms with Crippen LogP contribution in [0.1, 0.15) is 57.6 Å². The van der Waals surface area contributed by atoms with Gasteiger partial charge in [0.15, 0.2) is 13.7 Å². The van der Waals surface area contributed by atoms with Crippen LogP contribution in [0.3, 0.4) is 0 Å². The molecule has 2 aliphatic heterocycles. The van der Waals surface area contributed by atoms with Gasteiger partial charge in [0.25, 0.3) is 0 Å². The molecule has 2 heterocycles. The highest BCUT2D eigenvalue weighted by molar-refractivity contribution is 7.99. The molecule has 0 aromatic heterocycles. The summed E-state index contributed by atoms with van der Waals surface area (Å²) >= 11 is 9.16. The van der Waals surface area contributed by atoms with Crippen LogP contribution in [0.25, 0.3) is 0 Å². The Morgan fingerprint density at radius 3 is 2.12 bits per heavy atom. The molecule has 0 saturated carbocycles. The molecule has 2 fully saturated rings. The van der Waals surface area contributed by atoms with Crippen molar-refractivity contribution in [3.8, 4) is 0 Å². The molecule has 232 valence electrons. The Balaban J connectivity index is 1.43. The van der Waals surface area contributed by atoms with Gasteiger partial charge in [-0.05, 0) is 33.1 Å². The molecule has 6 atom stereocenters. The maximum Gasteiger partial charge on any atom is 0.191 e. The van der Waals surface area contributed by atoms with Gasteiger partial charge >= 0.3 is 0 Å². The lowest BCUT2D eigenvalue weighted by molar-refractivity contribution is -0.329. The summed E-state index contributed by atoms with van der Waals surface area (Å²) in [5, 5.41) is 1.26. The fourth-order valence-electron chi connectivity index (χ4n) is 6.18. The third-order valence-electron chi connectivity index (χ3n) is 8.46. The van der Waals surface area contributed by atoms with E-state index in [1.165, 1.54) is 5.19 Å². The van der Waals surface area contributed by atoms with Crippen LogP contribution in [0.2, 0.25) is 11.1 Å². The lowest BCUT2D eigenvalue weighted by atomic mass is 9.98. The van der Waals surface area contributed by atoms with Gasteiger partial charge in [0.1, 0.15) is 29.9 Å². The molecule has 3 aromatic rings. The zero-order valence-electron chi connectivity index (χ0n) is 25.9. The van der Waals surface area contributed by atoms with E-state index in [0.29, 0.717) is 30.9 Å². The third-order valence-corrected chi connectivity index (χ3v) is 17.3. The van der Waals surface area contributed by atoms with Crippen molar-refractivity contribution in [2.75, 3.05) is 12.4 Å². The standard InChI is InChI=1S/C35H45ClO5SSi/c1-6-42-35-33(38-21-26-14-9-7-10-15-26)32(31-30(40-35)23-39-34(41-31)28-17-11-8-12-18-28)37-22-27-16-13-19-29(20-27)43(36,24(2)3)25(4)5/h7-20,24-25,30-35H,6,21-23H2,1-5H3/t30-,31-,32+,33-,34-,35+/m1/s1. The summed E-state index contributed by atoms with van der Waals surface area (Å²) in [6.45, 7) is 12.4. The van der Waals surface area contributed by atoms with E-state index in [0.717, 1.165) is 22.4 Å². The van der Waals surface area contributed by atoms with Crippen LogP contribution >= 0.6 is 22.8 Å². The molecule has 0 N–H and O–H groups in total. The second kappa shape index (κ2) is 15.1. The van der Waals surface area contributed by atoms with E-state index in [2.05, 4.69) is 71.0 Å². The lowest BCUT2D eigenvalue weighted by Crippen LogP contribution is -2.62. The van der Waals surface area contributed by atoms with Crippen LogP contribution in [0.15, 0.2) is 84.9 Å². The number of benzene rings is 3. The third kappa shape index (κ3) is 7.59. The van der Waals surface area contributed by atoms with Crippen molar-refractivity contribution in [3.63, 3.8) is 0 Å². The molecule has 0 bridgehead atoms. The van der Waals surface area contributed by atoms with E-state index in [1.807, 2.05) is 48.5 Å². The Bertz CT molecular complexity index is 1270.